The number of nitrogens with one attached hydrogen (secondary N) is 1. The third-order valence-corrected chi connectivity index (χ3v) is 1.45. The van der Waals surface area contributed by atoms with Crippen molar-refractivity contribution in [3.63, 3.8) is 0 Å². The highest BCUT2D eigenvalue weighted by Gasteiger charge is 2.08. The van der Waals surface area contributed by atoms with Crippen molar-refractivity contribution < 1.29 is 19.2 Å². The minimum atomic E-state index is -1.16. The Bertz CT molecular complexity index is 345. The van der Waals surface area contributed by atoms with Crippen LogP contribution in [0.25, 0.3) is 0 Å². The van der Waals surface area contributed by atoms with Crippen LogP contribution in [0.1, 0.15) is 17.9 Å². The molecule has 0 radical (unpaired) electrons. The van der Waals surface area contributed by atoms with Gasteiger partial charge < -0.3 is 14.9 Å². The lowest BCUT2D eigenvalue weighted by Crippen LogP contribution is -2.24. The number of amides is 1. The molecule has 0 bridgehead atoms. The summed E-state index contributed by atoms with van der Waals surface area (Å²) in [5, 5.41) is 14.3. The van der Waals surface area contributed by atoms with Crippen LogP contribution in [0.3, 0.4) is 0 Å². The van der Waals surface area contributed by atoms with Gasteiger partial charge >= 0.3 is 5.97 Å². The molecule has 0 atom stereocenters. The lowest BCUT2D eigenvalue weighted by molar-refractivity contribution is -0.140. The molecule has 6 heteroatoms. The van der Waals surface area contributed by atoms with Gasteiger partial charge in [-0.1, -0.05) is 5.16 Å². The van der Waals surface area contributed by atoms with Gasteiger partial charge in [-0.3, -0.25) is 9.59 Å². The Hall–Kier alpha value is -1.85. The van der Waals surface area contributed by atoms with Gasteiger partial charge in [0.15, 0.2) is 5.76 Å². The summed E-state index contributed by atoms with van der Waals surface area (Å²) < 4.78 is 4.81. The van der Waals surface area contributed by atoms with Crippen LogP contribution in [0, 0.1) is 6.92 Å². The number of carboxylic acids is 1. The monoisotopic (exact) mass is 198 g/mol. The third-order valence-electron chi connectivity index (χ3n) is 1.45. The smallest absolute Gasteiger partial charge is 0.312 e. The SMILES string of the molecule is Cc1cc(CNC(=O)CC(=O)O)on1. The van der Waals surface area contributed by atoms with Crippen LogP contribution in [-0.2, 0) is 16.1 Å². The molecule has 0 aliphatic rings. The summed E-state index contributed by atoms with van der Waals surface area (Å²) in [6.07, 6.45) is -0.535. The molecule has 0 aliphatic carbocycles. The van der Waals surface area contributed by atoms with Gasteiger partial charge in [-0.15, -0.1) is 0 Å². The number of carboxylic acid groups (broad SMARTS) is 1. The van der Waals surface area contributed by atoms with E-state index >= 15 is 0 Å². The van der Waals surface area contributed by atoms with Gasteiger partial charge in [-0.2, -0.15) is 0 Å². The van der Waals surface area contributed by atoms with E-state index in [1.807, 2.05) is 0 Å². The molecule has 0 aliphatic heterocycles. The van der Waals surface area contributed by atoms with Crippen molar-refractivity contribution in [2.75, 3.05) is 0 Å². The molecule has 1 amide bonds. The number of aryl methyl sites for hydroxylation is 1. The second-order valence-electron chi connectivity index (χ2n) is 2.78. The molecule has 1 aromatic heterocycles. The summed E-state index contributed by atoms with van der Waals surface area (Å²) in [6, 6.07) is 1.67. The van der Waals surface area contributed by atoms with Crippen molar-refractivity contribution in [3.8, 4) is 0 Å². The maximum Gasteiger partial charge on any atom is 0.312 e. The van der Waals surface area contributed by atoms with Crippen molar-refractivity contribution in [1.82, 2.24) is 10.5 Å². The molecule has 14 heavy (non-hydrogen) atoms. The van der Waals surface area contributed by atoms with Gasteiger partial charge in [0, 0.05) is 6.07 Å². The maximum atomic E-state index is 10.9. The van der Waals surface area contributed by atoms with E-state index in [0.29, 0.717) is 11.5 Å². The molecule has 0 aromatic carbocycles. The van der Waals surface area contributed by atoms with Crippen LogP contribution < -0.4 is 5.32 Å². The molecular weight excluding hydrogens is 188 g/mol. The van der Waals surface area contributed by atoms with Gasteiger partial charge in [0.25, 0.3) is 0 Å². The second-order valence-corrected chi connectivity index (χ2v) is 2.78. The van der Waals surface area contributed by atoms with Crippen LogP contribution in [0.4, 0.5) is 0 Å². The Labute approximate surface area is 79.9 Å². The molecule has 2 N–H and O–H groups in total. The van der Waals surface area contributed by atoms with E-state index in [1.165, 1.54) is 0 Å². The van der Waals surface area contributed by atoms with E-state index in [1.54, 1.807) is 13.0 Å². The molecule has 76 valence electrons. The predicted molar refractivity (Wildman–Crippen MR) is 45.3 cm³/mol. The summed E-state index contributed by atoms with van der Waals surface area (Å²) in [6.45, 7) is 1.92. The van der Waals surface area contributed by atoms with Gasteiger partial charge in [-0.25, -0.2) is 0 Å². The fourth-order valence-corrected chi connectivity index (χ4v) is 0.885. The molecule has 0 unspecified atom stereocenters. The number of nitrogens with zero attached hydrogens (tertiary/aromatic N) is 1. The summed E-state index contributed by atoms with van der Waals surface area (Å²) in [7, 11) is 0. The van der Waals surface area contributed by atoms with E-state index < -0.39 is 18.3 Å². The van der Waals surface area contributed by atoms with Crippen LogP contribution in [0.5, 0.6) is 0 Å². The largest absolute Gasteiger partial charge is 0.481 e. The molecular formula is C8H10N2O4. The Balaban J connectivity index is 2.34. The molecule has 1 rings (SSSR count). The zero-order valence-electron chi connectivity index (χ0n) is 7.61. The zero-order valence-corrected chi connectivity index (χ0v) is 7.61. The van der Waals surface area contributed by atoms with Crippen molar-refractivity contribution in [2.24, 2.45) is 0 Å². The summed E-state index contributed by atoms with van der Waals surface area (Å²) in [4.78, 5) is 21.0. The molecule has 6 nitrogen and oxygen atoms in total. The van der Waals surface area contributed by atoms with Crippen LogP contribution in [-0.4, -0.2) is 22.1 Å². The lowest BCUT2D eigenvalue weighted by Gasteiger charge is -1.98. The predicted octanol–water partition coefficient (Wildman–Crippen LogP) is 0.0739. The number of carbonyl (C=O) groups excluding carboxylic acids is 1. The van der Waals surface area contributed by atoms with Crippen molar-refractivity contribution >= 4 is 11.9 Å². The van der Waals surface area contributed by atoms with E-state index in [9.17, 15) is 9.59 Å². The number of hydrogen-bond donors (Lipinski definition) is 2. The van der Waals surface area contributed by atoms with E-state index in [4.69, 9.17) is 9.63 Å². The summed E-state index contributed by atoms with van der Waals surface area (Å²) >= 11 is 0. The number of hydrogen-bond acceptors (Lipinski definition) is 4. The van der Waals surface area contributed by atoms with Crippen molar-refractivity contribution in [3.05, 3.63) is 17.5 Å². The van der Waals surface area contributed by atoms with Gasteiger partial charge in [0.2, 0.25) is 5.91 Å². The summed E-state index contributed by atoms with van der Waals surface area (Å²) in [5.41, 5.74) is 0.715. The van der Waals surface area contributed by atoms with Crippen LogP contribution in [0.2, 0.25) is 0 Å². The Morgan fingerprint density at radius 1 is 1.64 bits per heavy atom. The first-order valence-electron chi connectivity index (χ1n) is 3.98. The molecule has 1 aromatic rings. The van der Waals surface area contributed by atoms with Crippen LogP contribution >= 0.6 is 0 Å². The Kier molecular flexibility index (Phi) is 3.22. The second kappa shape index (κ2) is 4.40. The highest BCUT2D eigenvalue weighted by Crippen LogP contribution is 2.00. The number of aliphatic carboxylic acids is 1. The molecule has 0 spiro atoms. The van der Waals surface area contributed by atoms with E-state index in [0.717, 1.165) is 0 Å². The Morgan fingerprint density at radius 2 is 2.36 bits per heavy atom. The standard InChI is InChI=1S/C8H10N2O4/c1-5-2-6(14-10-5)4-9-7(11)3-8(12)13/h2H,3-4H2,1H3,(H,9,11)(H,12,13). The van der Waals surface area contributed by atoms with E-state index in [2.05, 4.69) is 10.5 Å². The molecule has 0 saturated heterocycles. The van der Waals surface area contributed by atoms with Crippen molar-refractivity contribution in [1.29, 1.82) is 0 Å². The fraction of sp³-hybridized carbons (Fsp3) is 0.375. The lowest BCUT2D eigenvalue weighted by atomic mass is 10.3. The Morgan fingerprint density at radius 3 is 2.86 bits per heavy atom. The molecule has 0 fully saturated rings. The molecule has 0 saturated carbocycles. The quantitative estimate of drug-likeness (QED) is 0.668. The van der Waals surface area contributed by atoms with Crippen molar-refractivity contribution in [2.45, 2.75) is 19.9 Å². The van der Waals surface area contributed by atoms with Crippen LogP contribution in [0.15, 0.2) is 10.6 Å². The normalized spacial score (nSPS) is 9.79. The van der Waals surface area contributed by atoms with Gasteiger partial charge in [-0.05, 0) is 6.92 Å². The van der Waals surface area contributed by atoms with Gasteiger partial charge in [0.1, 0.15) is 6.42 Å². The number of aromatic nitrogens is 1. The highest BCUT2D eigenvalue weighted by molar-refractivity contribution is 5.93. The first-order valence-corrected chi connectivity index (χ1v) is 3.98. The number of carbonyl (C=O) groups is 2. The minimum absolute atomic E-state index is 0.160. The first-order chi connectivity index (χ1) is 6.58. The third kappa shape index (κ3) is 3.26. The van der Waals surface area contributed by atoms with Gasteiger partial charge in [0.05, 0.1) is 12.2 Å². The first kappa shape index (κ1) is 10.2. The summed E-state index contributed by atoms with van der Waals surface area (Å²) in [5.74, 6) is -1.20. The maximum absolute atomic E-state index is 10.9. The zero-order chi connectivity index (χ0) is 10.6. The average molecular weight is 198 g/mol. The minimum Gasteiger partial charge on any atom is -0.481 e. The fourth-order valence-electron chi connectivity index (χ4n) is 0.885. The van der Waals surface area contributed by atoms with E-state index in [-0.39, 0.29) is 6.54 Å². The number of rotatable bonds is 4. The highest BCUT2D eigenvalue weighted by atomic mass is 16.5. The topological polar surface area (TPSA) is 92.4 Å². The molecule has 1 heterocycles. The average Bonchev–Trinajstić information content (AvgIpc) is 2.47.